The van der Waals surface area contributed by atoms with Crippen molar-refractivity contribution in [2.45, 2.75) is 19.7 Å². The van der Waals surface area contributed by atoms with E-state index in [1.807, 2.05) is 29.7 Å². The molecule has 0 atom stereocenters. The van der Waals surface area contributed by atoms with Crippen molar-refractivity contribution < 1.29 is 27.4 Å². The third-order valence-electron chi connectivity index (χ3n) is 3.36. The molecular weight excluding hydrogens is 351 g/mol. The third kappa shape index (κ3) is 4.50. The summed E-state index contributed by atoms with van der Waals surface area (Å²) in [6.45, 7) is 0.470. The Morgan fingerprint density at radius 3 is 2.69 bits per heavy atom. The Kier molecular flexibility index (Phi) is 4.79. The average molecular weight is 365 g/mol. The number of hydrogen-bond donors (Lipinski definition) is 0. The molecule has 6 nitrogen and oxygen atoms in total. The smallest absolute Gasteiger partial charge is 0.422 e. The first-order valence-corrected chi connectivity index (χ1v) is 7.57. The van der Waals surface area contributed by atoms with Gasteiger partial charge in [0.15, 0.2) is 6.61 Å². The minimum atomic E-state index is -4.45. The van der Waals surface area contributed by atoms with E-state index in [9.17, 15) is 18.0 Å². The molecule has 0 bridgehead atoms. The Morgan fingerprint density at radius 1 is 1.19 bits per heavy atom. The first-order valence-electron chi connectivity index (χ1n) is 7.57. The minimum absolute atomic E-state index is 0.0358. The van der Waals surface area contributed by atoms with Gasteiger partial charge in [-0.05, 0) is 24.6 Å². The molecule has 0 aliphatic heterocycles. The van der Waals surface area contributed by atoms with Crippen molar-refractivity contribution in [1.29, 1.82) is 0 Å². The highest BCUT2D eigenvalue weighted by Gasteiger charge is 2.28. The van der Waals surface area contributed by atoms with Crippen molar-refractivity contribution in [2.75, 3.05) is 6.61 Å². The number of hydrogen-bond acceptors (Lipinski definition) is 5. The zero-order valence-electron chi connectivity index (χ0n) is 13.7. The third-order valence-corrected chi connectivity index (χ3v) is 3.36. The molecule has 3 aromatic heterocycles. The molecule has 3 heterocycles. The Labute approximate surface area is 146 Å². The van der Waals surface area contributed by atoms with Gasteiger partial charge in [-0.15, -0.1) is 0 Å². The number of pyridine rings is 2. The number of rotatable bonds is 5. The molecule has 26 heavy (non-hydrogen) atoms. The first kappa shape index (κ1) is 17.7. The number of fused-ring (bicyclic) bond motifs is 1. The predicted molar refractivity (Wildman–Crippen MR) is 84.8 cm³/mol. The van der Waals surface area contributed by atoms with Gasteiger partial charge in [-0.25, -0.2) is 14.8 Å². The Bertz CT molecular complexity index is 920. The van der Waals surface area contributed by atoms with Gasteiger partial charge in [-0.3, -0.25) is 0 Å². The maximum absolute atomic E-state index is 12.1. The lowest BCUT2D eigenvalue weighted by Gasteiger charge is -2.08. The van der Waals surface area contributed by atoms with Gasteiger partial charge >= 0.3 is 12.1 Å². The van der Waals surface area contributed by atoms with Gasteiger partial charge in [0.05, 0.1) is 11.3 Å². The summed E-state index contributed by atoms with van der Waals surface area (Å²) in [5.74, 6) is -0.886. The lowest BCUT2D eigenvalue weighted by atomic mass is 10.3. The van der Waals surface area contributed by atoms with Crippen LogP contribution >= 0.6 is 0 Å². The predicted octanol–water partition coefficient (Wildman–Crippen LogP) is 3.34. The van der Waals surface area contributed by atoms with Gasteiger partial charge in [0.1, 0.15) is 12.3 Å². The number of aryl methyl sites for hydroxylation is 1. The van der Waals surface area contributed by atoms with Crippen molar-refractivity contribution in [3.63, 3.8) is 0 Å². The van der Waals surface area contributed by atoms with Crippen molar-refractivity contribution in [3.05, 3.63) is 59.7 Å². The lowest BCUT2D eigenvalue weighted by molar-refractivity contribution is -0.154. The van der Waals surface area contributed by atoms with Crippen LogP contribution in [0.2, 0.25) is 0 Å². The monoisotopic (exact) mass is 365 g/mol. The number of imidazole rings is 1. The summed E-state index contributed by atoms with van der Waals surface area (Å²) >= 11 is 0. The fourth-order valence-corrected chi connectivity index (χ4v) is 2.19. The number of alkyl halides is 3. The molecule has 0 radical (unpaired) electrons. The Morgan fingerprint density at radius 2 is 2.00 bits per heavy atom. The van der Waals surface area contributed by atoms with Gasteiger partial charge in [0.25, 0.3) is 0 Å². The maximum atomic E-state index is 12.1. The van der Waals surface area contributed by atoms with Crippen LogP contribution in [-0.4, -0.2) is 33.1 Å². The number of nitrogens with zero attached hydrogens (tertiary/aromatic N) is 3. The van der Waals surface area contributed by atoms with E-state index in [0.717, 1.165) is 17.4 Å². The van der Waals surface area contributed by atoms with Crippen molar-refractivity contribution in [1.82, 2.24) is 14.4 Å². The lowest BCUT2D eigenvalue weighted by Crippen LogP contribution is -2.19. The van der Waals surface area contributed by atoms with Crippen molar-refractivity contribution in [3.8, 4) is 5.88 Å². The molecular formula is C17H14F3N3O3. The van der Waals surface area contributed by atoms with Gasteiger partial charge < -0.3 is 13.9 Å². The van der Waals surface area contributed by atoms with Gasteiger partial charge in [0, 0.05) is 24.7 Å². The molecule has 0 fully saturated rings. The number of halogens is 3. The van der Waals surface area contributed by atoms with Crippen LogP contribution in [0.4, 0.5) is 13.2 Å². The number of ether oxygens (including phenoxy) is 2. The largest absolute Gasteiger partial charge is 0.468 e. The summed E-state index contributed by atoms with van der Waals surface area (Å²) < 4.78 is 47.7. The molecule has 0 spiro atoms. The Balaban J connectivity index is 1.58. The van der Waals surface area contributed by atoms with E-state index in [1.165, 1.54) is 12.1 Å². The van der Waals surface area contributed by atoms with Crippen LogP contribution in [0, 0.1) is 6.92 Å². The molecule has 0 amide bonds. The zero-order valence-corrected chi connectivity index (χ0v) is 13.7. The van der Waals surface area contributed by atoms with Gasteiger partial charge in [0.2, 0.25) is 5.88 Å². The van der Waals surface area contributed by atoms with Crippen LogP contribution in [0.25, 0.3) is 5.65 Å². The summed E-state index contributed by atoms with van der Waals surface area (Å²) in [5, 5.41) is 0. The second kappa shape index (κ2) is 7.03. The molecule has 0 saturated heterocycles. The fraction of sp³-hybridized carbons (Fsp3) is 0.235. The fourth-order valence-electron chi connectivity index (χ4n) is 2.19. The molecule has 136 valence electrons. The zero-order chi connectivity index (χ0) is 18.7. The Hall–Kier alpha value is -3.10. The molecule has 0 N–H and O–H groups in total. The van der Waals surface area contributed by atoms with Crippen molar-refractivity contribution in [2.24, 2.45) is 0 Å². The topological polar surface area (TPSA) is 65.7 Å². The number of esters is 1. The second-order valence-corrected chi connectivity index (χ2v) is 5.57. The van der Waals surface area contributed by atoms with Crippen LogP contribution in [0.3, 0.4) is 0 Å². The quantitative estimate of drug-likeness (QED) is 0.649. The second-order valence-electron chi connectivity index (χ2n) is 5.57. The van der Waals surface area contributed by atoms with Crippen LogP contribution in [-0.2, 0) is 11.3 Å². The van der Waals surface area contributed by atoms with E-state index in [2.05, 4.69) is 14.7 Å². The van der Waals surface area contributed by atoms with E-state index >= 15 is 0 Å². The summed E-state index contributed by atoms with van der Waals surface area (Å²) in [6.07, 6.45) is 0.298. The maximum Gasteiger partial charge on any atom is 0.422 e. The SMILES string of the molecule is Cc1ccc2nc(COC(=O)c3ccc(OCC(F)(F)F)nc3)cn2c1. The van der Waals surface area contributed by atoms with Crippen LogP contribution in [0.5, 0.6) is 5.88 Å². The molecule has 9 heteroatoms. The first-order chi connectivity index (χ1) is 12.3. The van der Waals surface area contributed by atoms with Gasteiger partial charge in [-0.2, -0.15) is 13.2 Å². The molecule has 0 aliphatic rings. The minimum Gasteiger partial charge on any atom is -0.468 e. The molecule has 3 rings (SSSR count). The summed E-state index contributed by atoms with van der Waals surface area (Å²) in [6, 6.07) is 6.24. The van der Waals surface area contributed by atoms with Crippen LogP contribution in [0.15, 0.2) is 42.9 Å². The number of carbonyl (C=O) groups excluding carboxylic acids is 1. The van der Waals surface area contributed by atoms with Crippen LogP contribution in [0.1, 0.15) is 21.6 Å². The molecule has 0 unspecified atom stereocenters. The van der Waals surface area contributed by atoms with E-state index in [1.54, 1.807) is 6.20 Å². The number of carbonyl (C=O) groups is 1. The molecule has 0 saturated carbocycles. The van der Waals surface area contributed by atoms with Crippen LogP contribution < -0.4 is 4.74 Å². The highest BCUT2D eigenvalue weighted by Crippen LogP contribution is 2.17. The average Bonchev–Trinajstić information content (AvgIpc) is 2.99. The summed E-state index contributed by atoms with van der Waals surface area (Å²) in [7, 11) is 0. The normalized spacial score (nSPS) is 11.5. The molecule has 0 aromatic carbocycles. The summed E-state index contributed by atoms with van der Waals surface area (Å²) in [4.78, 5) is 20.0. The highest BCUT2D eigenvalue weighted by atomic mass is 19.4. The van der Waals surface area contributed by atoms with E-state index < -0.39 is 18.8 Å². The van der Waals surface area contributed by atoms with Gasteiger partial charge in [-0.1, -0.05) is 6.07 Å². The molecule has 0 aliphatic carbocycles. The standard InChI is InChI=1S/C17H14F3N3O3/c1-11-2-4-14-22-13(8-23(14)7-11)9-25-16(24)12-3-5-15(21-6-12)26-10-17(18,19)20/h2-8H,9-10H2,1H3. The highest BCUT2D eigenvalue weighted by molar-refractivity contribution is 5.89. The van der Waals surface area contributed by atoms with Crippen molar-refractivity contribution >= 4 is 11.6 Å². The van der Waals surface area contributed by atoms with E-state index in [-0.39, 0.29) is 18.1 Å². The summed E-state index contributed by atoms with van der Waals surface area (Å²) in [5.41, 5.74) is 2.47. The van der Waals surface area contributed by atoms with E-state index in [0.29, 0.717) is 5.69 Å². The van der Waals surface area contributed by atoms with E-state index in [4.69, 9.17) is 4.74 Å². The number of aromatic nitrogens is 3. The molecule has 3 aromatic rings.